The third-order valence-electron chi connectivity index (χ3n) is 3.32. The van der Waals surface area contributed by atoms with Crippen molar-refractivity contribution in [3.63, 3.8) is 0 Å². The SMILES string of the molecule is Cc1ccc(F)cc1S(=O)(=O)NCC(=O)N1CCNCC1. The number of sulfonamides is 1. The maximum atomic E-state index is 13.2. The van der Waals surface area contributed by atoms with Gasteiger partial charge in [0.05, 0.1) is 11.4 Å². The second kappa shape index (κ2) is 6.50. The Bertz CT molecular complexity index is 628. The van der Waals surface area contributed by atoms with Crippen LogP contribution in [0.2, 0.25) is 0 Å². The molecule has 1 aliphatic rings. The first-order valence-electron chi connectivity index (χ1n) is 6.64. The van der Waals surface area contributed by atoms with Crippen LogP contribution < -0.4 is 10.0 Å². The summed E-state index contributed by atoms with van der Waals surface area (Å²) in [6.07, 6.45) is 0. The minimum absolute atomic E-state index is 0.143. The van der Waals surface area contributed by atoms with Crippen molar-refractivity contribution in [3.05, 3.63) is 29.6 Å². The number of carbonyl (C=O) groups is 1. The molecule has 0 spiro atoms. The minimum atomic E-state index is -3.90. The standard InChI is InChI=1S/C13H18FN3O3S/c1-10-2-3-11(14)8-12(10)21(19,20)16-9-13(18)17-6-4-15-5-7-17/h2-3,8,15-16H,4-7,9H2,1H3. The van der Waals surface area contributed by atoms with E-state index in [1.165, 1.54) is 12.1 Å². The fourth-order valence-electron chi connectivity index (χ4n) is 2.12. The number of aryl methyl sites for hydroxylation is 1. The Morgan fingerprint density at radius 1 is 1.38 bits per heavy atom. The quantitative estimate of drug-likeness (QED) is 0.810. The fraction of sp³-hybridized carbons (Fsp3) is 0.462. The van der Waals surface area contributed by atoms with E-state index >= 15 is 0 Å². The Kier molecular flexibility index (Phi) is 4.92. The number of piperazine rings is 1. The number of carbonyl (C=O) groups excluding carboxylic acids is 1. The number of benzene rings is 1. The maximum Gasteiger partial charge on any atom is 0.241 e. The predicted octanol–water partition coefficient (Wildman–Crippen LogP) is -0.156. The van der Waals surface area contributed by atoms with Gasteiger partial charge in [-0.2, -0.15) is 0 Å². The van der Waals surface area contributed by atoms with Crippen molar-refractivity contribution in [2.75, 3.05) is 32.7 Å². The van der Waals surface area contributed by atoms with Crippen LogP contribution in [0.3, 0.4) is 0 Å². The van der Waals surface area contributed by atoms with Crippen LogP contribution in [-0.2, 0) is 14.8 Å². The zero-order valence-electron chi connectivity index (χ0n) is 11.7. The van der Waals surface area contributed by atoms with E-state index in [0.717, 1.165) is 6.07 Å². The first-order chi connectivity index (χ1) is 9.90. The molecule has 1 fully saturated rings. The van der Waals surface area contributed by atoms with Crippen LogP contribution in [0.25, 0.3) is 0 Å². The molecule has 0 aliphatic carbocycles. The number of amides is 1. The van der Waals surface area contributed by atoms with Crippen molar-refractivity contribution in [3.8, 4) is 0 Å². The zero-order valence-corrected chi connectivity index (χ0v) is 12.5. The largest absolute Gasteiger partial charge is 0.339 e. The summed E-state index contributed by atoms with van der Waals surface area (Å²) in [4.78, 5) is 13.4. The average molecular weight is 315 g/mol. The van der Waals surface area contributed by atoms with E-state index in [2.05, 4.69) is 10.0 Å². The van der Waals surface area contributed by atoms with Crippen LogP contribution in [0.1, 0.15) is 5.56 Å². The van der Waals surface area contributed by atoms with Crippen molar-refractivity contribution in [2.45, 2.75) is 11.8 Å². The van der Waals surface area contributed by atoms with Gasteiger partial charge in [-0.25, -0.2) is 17.5 Å². The molecule has 0 unspecified atom stereocenters. The van der Waals surface area contributed by atoms with Gasteiger partial charge in [0.25, 0.3) is 0 Å². The molecule has 1 aromatic rings. The number of hydrogen-bond donors (Lipinski definition) is 2. The Morgan fingerprint density at radius 3 is 2.71 bits per heavy atom. The smallest absolute Gasteiger partial charge is 0.241 e. The summed E-state index contributed by atoms with van der Waals surface area (Å²) in [6, 6.07) is 3.54. The van der Waals surface area contributed by atoms with Crippen molar-refractivity contribution in [1.29, 1.82) is 0 Å². The highest BCUT2D eigenvalue weighted by molar-refractivity contribution is 7.89. The van der Waals surface area contributed by atoms with Crippen molar-refractivity contribution in [2.24, 2.45) is 0 Å². The van der Waals surface area contributed by atoms with Crippen LogP contribution in [0.4, 0.5) is 4.39 Å². The summed E-state index contributed by atoms with van der Waals surface area (Å²) >= 11 is 0. The fourth-order valence-corrected chi connectivity index (χ4v) is 3.35. The highest BCUT2D eigenvalue weighted by atomic mass is 32.2. The molecule has 116 valence electrons. The molecule has 1 heterocycles. The second-order valence-electron chi connectivity index (χ2n) is 4.87. The third kappa shape index (κ3) is 3.99. The van der Waals surface area contributed by atoms with Crippen LogP contribution in [0.5, 0.6) is 0 Å². The van der Waals surface area contributed by atoms with Crippen LogP contribution in [0.15, 0.2) is 23.1 Å². The van der Waals surface area contributed by atoms with Crippen LogP contribution in [0, 0.1) is 12.7 Å². The molecule has 1 amide bonds. The molecule has 8 heteroatoms. The first kappa shape index (κ1) is 15.9. The first-order valence-corrected chi connectivity index (χ1v) is 8.13. The lowest BCUT2D eigenvalue weighted by molar-refractivity contribution is -0.130. The van der Waals surface area contributed by atoms with E-state index in [0.29, 0.717) is 31.7 Å². The summed E-state index contributed by atoms with van der Waals surface area (Å²) in [5.74, 6) is -0.913. The molecule has 1 saturated heterocycles. The molecule has 0 aromatic heterocycles. The topological polar surface area (TPSA) is 78.5 Å². The van der Waals surface area contributed by atoms with Crippen LogP contribution >= 0.6 is 0 Å². The van der Waals surface area contributed by atoms with Gasteiger partial charge < -0.3 is 10.2 Å². The Labute approximate surface area is 123 Å². The second-order valence-corrected chi connectivity index (χ2v) is 6.60. The van der Waals surface area contributed by atoms with E-state index < -0.39 is 15.8 Å². The molecule has 2 N–H and O–H groups in total. The lowest BCUT2D eigenvalue weighted by Crippen LogP contribution is -2.49. The van der Waals surface area contributed by atoms with Gasteiger partial charge in [-0.1, -0.05) is 6.07 Å². The van der Waals surface area contributed by atoms with Gasteiger partial charge in [0.15, 0.2) is 0 Å². The molecule has 1 aliphatic heterocycles. The summed E-state index contributed by atoms with van der Waals surface area (Å²) in [6.45, 7) is 3.76. The Hall–Kier alpha value is -1.51. The van der Waals surface area contributed by atoms with Crippen molar-refractivity contribution < 1.29 is 17.6 Å². The number of rotatable bonds is 4. The van der Waals surface area contributed by atoms with Gasteiger partial charge >= 0.3 is 0 Å². The monoisotopic (exact) mass is 315 g/mol. The molecule has 6 nitrogen and oxygen atoms in total. The molecule has 0 bridgehead atoms. The highest BCUT2D eigenvalue weighted by Gasteiger charge is 2.21. The summed E-state index contributed by atoms with van der Waals surface area (Å²) < 4.78 is 39.7. The number of hydrogen-bond acceptors (Lipinski definition) is 4. The van der Waals surface area contributed by atoms with E-state index in [1.807, 2.05) is 0 Å². The number of halogens is 1. The van der Waals surface area contributed by atoms with Gasteiger partial charge in [-0.05, 0) is 24.6 Å². The average Bonchev–Trinajstić information content (AvgIpc) is 2.48. The molecule has 0 radical (unpaired) electrons. The lowest BCUT2D eigenvalue weighted by atomic mass is 10.2. The minimum Gasteiger partial charge on any atom is -0.339 e. The molecular formula is C13H18FN3O3S. The molecule has 21 heavy (non-hydrogen) atoms. The van der Waals surface area contributed by atoms with Crippen molar-refractivity contribution >= 4 is 15.9 Å². The molecule has 2 rings (SSSR count). The van der Waals surface area contributed by atoms with Gasteiger partial charge in [0.2, 0.25) is 15.9 Å². The summed E-state index contributed by atoms with van der Waals surface area (Å²) in [5.41, 5.74) is 0.429. The molecule has 0 atom stereocenters. The number of nitrogens with one attached hydrogen (secondary N) is 2. The van der Waals surface area contributed by atoms with Crippen LogP contribution in [-0.4, -0.2) is 51.9 Å². The third-order valence-corrected chi connectivity index (χ3v) is 4.87. The van der Waals surface area contributed by atoms with Crippen molar-refractivity contribution in [1.82, 2.24) is 14.9 Å². The van der Waals surface area contributed by atoms with E-state index in [1.54, 1.807) is 11.8 Å². The van der Waals surface area contributed by atoms with E-state index in [9.17, 15) is 17.6 Å². The van der Waals surface area contributed by atoms with Gasteiger partial charge in [0.1, 0.15) is 5.82 Å². The summed E-state index contributed by atoms with van der Waals surface area (Å²) in [5, 5.41) is 3.11. The predicted molar refractivity (Wildman–Crippen MR) is 75.8 cm³/mol. The lowest BCUT2D eigenvalue weighted by Gasteiger charge is -2.27. The maximum absolute atomic E-state index is 13.2. The van der Waals surface area contributed by atoms with E-state index in [-0.39, 0.29) is 17.3 Å². The molecule has 1 aromatic carbocycles. The Balaban J connectivity index is 2.04. The number of nitrogens with zero attached hydrogens (tertiary/aromatic N) is 1. The zero-order chi connectivity index (χ0) is 15.5. The van der Waals surface area contributed by atoms with Gasteiger partial charge in [0, 0.05) is 26.2 Å². The Morgan fingerprint density at radius 2 is 2.05 bits per heavy atom. The summed E-state index contributed by atoms with van der Waals surface area (Å²) in [7, 11) is -3.90. The van der Waals surface area contributed by atoms with Gasteiger partial charge in [-0.3, -0.25) is 4.79 Å². The molecule has 0 saturated carbocycles. The molecular weight excluding hydrogens is 297 g/mol. The highest BCUT2D eigenvalue weighted by Crippen LogP contribution is 2.16. The normalized spacial score (nSPS) is 16.0. The van der Waals surface area contributed by atoms with E-state index in [4.69, 9.17) is 0 Å². The van der Waals surface area contributed by atoms with Gasteiger partial charge in [-0.15, -0.1) is 0 Å².